The second-order valence-corrected chi connectivity index (χ2v) is 6.97. The molecule has 21 heavy (non-hydrogen) atoms. The number of hydrogen-bond acceptors (Lipinski definition) is 5. The zero-order chi connectivity index (χ0) is 15.5. The van der Waals surface area contributed by atoms with Gasteiger partial charge in [0.05, 0.1) is 9.82 Å². The van der Waals surface area contributed by atoms with Crippen LogP contribution in [0.1, 0.15) is 25.7 Å². The number of non-ortho nitro benzene ring substituents is 1. The van der Waals surface area contributed by atoms with E-state index in [1.165, 1.54) is 24.3 Å². The van der Waals surface area contributed by atoms with Crippen LogP contribution in [-0.4, -0.2) is 25.9 Å². The van der Waals surface area contributed by atoms with Crippen molar-refractivity contribution in [3.05, 3.63) is 34.4 Å². The Hall–Kier alpha value is -1.51. The molecule has 1 fully saturated rings. The maximum Gasteiger partial charge on any atom is 0.269 e. The van der Waals surface area contributed by atoms with Crippen molar-refractivity contribution in [2.75, 3.05) is 6.54 Å². The van der Waals surface area contributed by atoms with E-state index < -0.39 is 14.9 Å². The topological polar surface area (TPSA) is 115 Å². The minimum absolute atomic E-state index is 0.0365. The smallest absolute Gasteiger partial charge is 0.269 e. The summed E-state index contributed by atoms with van der Waals surface area (Å²) in [5.41, 5.74) is 5.56. The highest BCUT2D eigenvalue weighted by Crippen LogP contribution is 2.25. The van der Waals surface area contributed by atoms with E-state index in [4.69, 9.17) is 5.73 Å². The average Bonchev–Trinajstić information content (AvgIpc) is 2.47. The molecule has 1 aliphatic rings. The lowest BCUT2D eigenvalue weighted by molar-refractivity contribution is -0.384. The third-order valence-corrected chi connectivity index (χ3v) is 5.38. The van der Waals surface area contributed by atoms with Crippen LogP contribution in [-0.2, 0) is 10.0 Å². The van der Waals surface area contributed by atoms with E-state index >= 15 is 0 Å². The highest BCUT2D eigenvalue weighted by atomic mass is 32.2. The second kappa shape index (κ2) is 6.50. The predicted molar refractivity (Wildman–Crippen MR) is 78.2 cm³/mol. The summed E-state index contributed by atoms with van der Waals surface area (Å²) in [6.07, 6.45) is 3.74. The Kier molecular flexibility index (Phi) is 4.92. The first-order valence-corrected chi connectivity index (χ1v) is 8.39. The fourth-order valence-electron chi connectivity index (χ4n) is 2.66. The van der Waals surface area contributed by atoms with Crippen molar-refractivity contribution in [1.29, 1.82) is 0 Å². The van der Waals surface area contributed by atoms with Gasteiger partial charge in [0, 0.05) is 18.2 Å². The predicted octanol–water partition coefficient (Wildman–Crippen LogP) is 1.39. The van der Waals surface area contributed by atoms with Crippen molar-refractivity contribution >= 4 is 15.7 Å². The molecule has 0 aromatic heterocycles. The highest BCUT2D eigenvalue weighted by Gasteiger charge is 2.28. The van der Waals surface area contributed by atoms with Gasteiger partial charge in [0.25, 0.3) is 5.69 Å². The van der Waals surface area contributed by atoms with E-state index in [9.17, 15) is 18.5 Å². The number of benzene rings is 1. The van der Waals surface area contributed by atoms with Gasteiger partial charge in [-0.05, 0) is 37.4 Å². The van der Waals surface area contributed by atoms with Crippen molar-refractivity contribution < 1.29 is 13.3 Å². The molecule has 0 spiro atoms. The summed E-state index contributed by atoms with van der Waals surface area (Å²) in [4.78, 5) is 10.1. The second-order valence-electron chi connectivity index (χ2n) is 5.26. The molecule has 116 valence electrons. The molecule has 1 aliphatic carbocycles. The number of nitro groups is 1. The molecule has 8 heteroatoms. The number of rotatable bonds is 5. The summed E-state index contributed by atoms with van der Waals surface area (Å²) in [7, 11) is -3.67. The van der Waals surface area contributed by atoms with Gasteiger partial charge < -0.3 is 5.73 Å². The van der Waals surface area contributed by atoms with Crippen LogP contribution in [0.3, 0.4) is 0 Å². The van der Waals surface area contributed by atoms with Crippen LogP contribution in [0.4, 0.5) is 5.69 Å². The zero-order valence-electron chi connectivity index (χ0n) is 11.6. The molecule has 1 aromatic rings. The van der Waals surface area contributed by atoms with E-state index in [0.717, 1.165) is 25.7 Å². The first-order chi connectivity index (χ1) is 9.94. The van der Waals surface area contributed by atoms with Gasteiger partial charge in [0.1, 0.15) is 0 Å². The van der Waals surface area contributed by atoms with Crippen LogP contribution in [0.2, 0.25) is 0 Å². The van der Waals surface area contributed by atoms with Crippen molar-refractivity contribution in [3.63, 3.8) is 0 Å². The van der Waals surface area contributed by atoms with Crippen LogP contribution in [0.5, 0.6) is 0 Å². The van der Waals surface area contributed by atoms with E-state index in [-0.39, 0.29) is 22.5 Å². The minimum Gasteiger partial charge on any atom is -0.330 e. The molecule has 3 N–H and O–H groups in total. The summed E-state index contributed by atoms with van der Waals surface area (Å²) in [5, 5.41) is 10.6. The number of nitrogens with two attached hydrogens (primary N) is 1. The lowest BCUT2D eigenvalue weighted by Gasteiger charge is -2.31. The first kappa shape index (κ1) is 15.9. The average molecular weight is 313 g/mol. The monoisotopic (exact) mass is 313 g/mol. The Labute approximate surface area is 123 Å². The standard InChI is InChI=1S/C13H19N3O4S/c14-9-10-3-1-2-4-13(10)15-21(19,20)12-7-5-11(6-8-12)16(17)18/h5-8,10,13,15H,1-4,9,14H2. The fraction of sp³-hybridized carbons (Fsp3) is 0.538. The number of nitro benzene ring substituents is 1. The minimum atomic E-state index is -3.67. The van der Waals surface area contributed by atoms with Gasteiger partial charge in [-0.15, -0.1) is 0 Å². The van der Waals surface area contributed by atoms with Crippen LogP contribution >= 0.6 is 0 Å². The fourth-order valence-corrected chi connectivity index (χ4v) is 4.00. The van der Waals surface area contributed by atoms with Gasteiger partial charge in [-0.2, -0.15) is 0 Å². The van der Waals surface area contributed by atoms with Crippen molar-refractivity contribution in [2.24, 2.45) is 11.7 Å². The van der Waals surface area contributed by atoms with Gasteiger partial charge in [0.2, 0.25) is 10.0 Å². The molecule has 0 heterocycles. The number of nitrogens with zero attached hydrogens (tertiary/aromatic N) is 1. The molecule has 0 aliphatic heterocycles. The Morgan fingerprint density at radius 1 is 1.24 bits per heavy atom. The van der Waals surface area contributed by atoms with Crippen LogP contribution < -0.4 is 10.5 Å². The Bertz CT molecular complexity index is 600. The van der Waals surface area contributed by atoms with Crippen LogP contribution in [0.25, 0.3) is 0 Å². The summed E-state index contributed by atoms with van der Waals surface area (Å²) < 4.78 is 27.3. The quantitative estimate of drug-likeness (QED) is 0.629. The van der Waals surface area contributed by atoms with Crippen LogP contribution in [0.15, 0.2) is 29.2 Å². The normalized spacial score (nSPS) is 22.9. The maximum absolute atomic E-state index is 12.3. The summed E-state index contributed by atoms with van der Waals surface area (Å²) in [6, 6.07) is 4.72. The molecular weight excluding hydrogens is 294 g/mol. The SMILES string of the molecule is NCC1CCCCC1NS(=O)(=O)c1ccc([N+](=O)[O-])cc1. The first-order valence-electron chi connectivity index (χ1n) is 6.91. The van der Waals surface area contributed by atoms with E-state index in [1.54, 1.807) is 0 Å². The van der Waals surface area contributed by atoms with Gasteiger partial charge >= 0.3 is 0 Å². The highest BCUT2D eigenvalue weighted by molar-refractivity contribution is 7.89. The summed E-state index contributed by atoms with van der Waals surface area (Å²) >= 11 is 0. The van der Waals surface area contributed by atoms with E-state index in [0.29, 0.717) is 6.54 Å². The molecule has 0 radical (unpaired) electrons. The van der Waals surface area contributed by atoms with Crippen molar-refractivity contribution in [2.45, 2.75) is 36.6 Å². The van der Waals surface area contributed by atoms with Gasteiger partial charge in [-0.25, -0.2) is 13.1 Å². The molecule has 7 nitrogen and oxygen atoms in total. The van der Waals surface area contributed by atoms with Crippen LogP contribution in [0, 0.1) is 16.0 Å². The summed E-state index contributed by atoms with van der Waals surface area (Å²) in [5.74, 6) is 0.145. The van der Waals surface area contributed by atoms with E-state index in [1.807, 2.05) is 0 Å². The molecule has 1 aromatic carbocycles. The molecule has 2 rings (SSSR count). The molecule has 0 bridgehead atoms. The van der Waals surface area contributed by atoms with Gasteiger partial charge in [-0.3, -0.25) is 10.1 Å². The Morgan fingerprint density at radius 2 is 1.86 bits per heavy atom. The molecular formula is C13H19N3O4S. The van der Waals surface area contributed by atoms with Gasteiger partial charge in [0.15, 0.2) is 0 Å². The number of nitrogens with one attached hydrogen (secondary N) is 1. The number of sulfonamides is 1. The molecule has 2 unspecified atom stereocenters. The van der Waals surface area contributed by atoms with Crippen molar-refractivity contribution in [3.8, 4) is 0 Å². The van der Waals surface area contributed by atoms with Crippen molar-refractivity contribution in [1.82, 2.24) is 4.72 Å². The Morgan fingerprint density at radius 3 is 2.43 bits per heavy atom. The molecule has 1 saturated carbocycles. The van der Waals surface area contributed by atoms with Gasteiger partial charge in [-0.1, -0.05) is 12.8 Å². The number of hydrogen-bond donors (Lipinski definition) is 2. The third-order valence-electron chi connectivity index (χ3n) is 3.88. The Balaban J connectivity index is 2.15. The molecule has 2 atom stereocenters. The maximum atomic E-state index is 12.3. The van der Waals surface area contributed by atoms with E-state index in [2.05, 4.69) is 4.72 Å². The summed E-state index contributed by atoms with van der Waals surface area (Å²) in [6.45, 7) is 0.452. The molecule has 0 saturated heterocycles. The lowest BCUT2D eigenvalue weighted by atomic mass is 9.85. The largest absolute Gasteiger partial charge is 0.330 e. The third kappa shape index (κ3) is 3.78. The lowest BCUT2D eigenvalue weighted by Crippen LogP contribution is -2.44. The zero-order valence-corrected chi connectivity index (χ0v) is 12.4. The molecule has 0 amide bonds.